The molecular formula is C15H16ClN5O2. The molecule has 0 spiro atoms. The van der Waals surface area contributed by atoms with Crippen LogP contribution in [0.25, 0.3) is 0 Å². The van der Waals surface area contributed by atoms with Crippen molar-refractivity contribution in [2.75, 3.05) is 31.1 Å². The molecule has 1 aliphatic rings. The van der Waals surface area contributed by atoms with Crippen molar-refractivity contribution in [3.05, 3.63) is 57.4 Å². The molecule has 0 aliphatic carbocycles. The van der Waals surface area contributed by atoms with E-state index in [9.17, 15) is 10.1 Å². The number of rotatable bonds is 4. The first-order chi connectivity index (χ1) is 11.1. The van der Waals surface area contributed by atoms with Crippen LogP contribution in [-0.4, -0.2) is 46.0 Å². The van der Waals surface area contributed by atoms with Gasteiger partial charge in [-0.25, -0.2) is 9.97 Å². The highest BCUT2D eigenvalue weighted by molar-refractivity contribution is 6.31. The van der Waals surface area contributed by atoms with Gasteiger partial charge in [-0.15, -0.1) is 0 Å². The Hall–Kier alpha value is -2.25. The van der Waals surface area contributed by atoms with Gasteiger partial charge in [-0.05, 0) is 11.6 Å². The second kappa shape index (κ2) is 6.89. The highest BCUT2D eigenvalue weighted by atomic mass is 35.5. The summed E-state index contributed by atoms with van der Waals surface area (Å²) in [5.74, 6) is 0.535. The van der Waals surface area contributed by atoms with E-state index in [2.05, 4.69) is 14.9 Å². The van der Waals surface area contributed by atoms with E-state index in [4.69, 9.17) is 11.6 Å². The highest BCUT2D eigenvalue weighted by Gasteiger charge is 2.20. The summed E-state index contributed by atoms with van der Waals surface area (Å²) in [6.45, 7) is 4.11. The summed E-state index contributed by atoms with van der Waals surface area (Å²) in [6, 6.07) is 7.85. The zero-order valence-electron chi connectivity index (χ0n) is 12.4. The molecule has 23 heavy (non-hydrogen) atoms. The third-order valence-corrected chi connectivity index (χ3v) is 4.21. The van der Waals surface area contributed by atoms with Crippen LogP contribution in [-0.2, 0) is 6.54 Å². The lowest BCUT2D eigenvalue weighted by Crippen LogP contribution is -2.46. The number of piperazine rings is 1. The van der Waals surface area contributed by atoms with Crippen molar-refractivity contribution in [2.24, 2.45) is 0 Å². The van der Waals surface area contributed by atoms with E-state index in [1.807, 2.05) is 29.2 Å². The fraction of sp³-hybridized carbons (Fsp3) is 0.333. The van der Waals surface area contributed by atoms with Crippen LogP contribution >= 0.6 is 11.6 Å². The van der Waals surface area contributed by atoms with Crippen molar-refractivity contribution in [3.8, 4) is 0 Å². The number of halogens is 1. The van der Waals surface area contributed by atoms with E-state index in [-0.39, 0.29) is 5.69 Å². The predicted octanol–water partition coefficient (Wildman–Crippen LogP) is 2.36. The molecule has 1 aromatic carbocycles. The van der Waals surface area contributed by atoms with Gasteiger partial charge in [-0.1, -0.05) is 29.8 Å². The number of hydrogen-bond donors (Lipinski definition) is 0. The molecule has 2 aromatic rings. The Morgan fingerprint density at radius 3 is 2.39 bits per heavy atom. The van der Waals surface area contributed by atoms with Gasteiger partial charge in [0.15, 0.2) is 0 Å². The van der Waals surface area contributed by atoms with Gasteiger partial charge in [0.2, 0.25) is 5.95 Å². The van der Waals surface area contributed by atoms with Gasteiger partial charge < -0.3 is 4.90 Å². The van der Waals surface area contributed by atoms with E-state index in [1.54, 1.807) is 0 Å². The van der Waals surface area contributed by atoms with Crippen molar-refractivity contribution < 1.29 is 4.92 Å². The van der Waals surface area contributed by atoms with Gasteiger partial charge in [0.05, 0.1) is 4.92 Å². The summed E-state index contributed by atoms with van der Waals surface area (Å²) in [5.41, 5.74) is 1.03. The minimum Gasteiger partial charge on any atom is -0.338 e. The standard InChI is InChI=1S/C15H16ClN5O2/c16-14-4-2-1-3-12(14)11-19-5-7-20(8-6-19)15-17-9-13(10-18-15)21(22)23/h1-4,9-10H,5-8,11H2. The van der Waals surface area contributed by atoms with Crippen LogP contribution in [0, 0.1) is 10.1 Å². The number of nitro groups is 1. The quantitative estimate of drug-likeness (QED) is 0.631. The fourth-order valence-corrected chi connectivity index (χ4v) is 2.74. The van der Waals surface area contributed by atoms with Gasteiger partial charge in [0.25, 0.3) is 0 Å². The van der Waals surface area contributed by atoms with Gasteiger partial charge >= 0.3 is 5.69 Å². The van der Waals surface area contributed by atoms with Crippen LogP contribution in [0.2, 0.25) is 5.02 Å². The van der Waals surface area contributed by atoms with Crippen LogP contribution in [0.5, 0.6) is 0 Å². The first-order valence-corrected chi connectivity index (χ1v) is 7.68. The largest absolute Gasteiger partial charge is 0.338 e. The van der Waals surface area contributed by atoms with Gasteiger partial charge in [0.1, 0.15) is 12.4 Å². The second-order valence-electron chi connectivity index (χ2n) is 5.35. The molecule has 0 amide bonds. The molecule has 0 radical (unpaired) electrons. The number of benzene rings is 1. The number of anilines is 1. The molecule has 0 atom stereocenters. The number of aromatic nitrogens is 2. The Morgan fingerprint density at radius 1 is 1.13 bits per heavy atom. The van der Waals surface area contributed by atoms with Crippen LogP contribution < -0.4 is 4.90 Å². The highest BCUT2D eigenvalue weighted by Crippen LogP contribution is 2.19. The van der Waals surface area contributed by atoms with Crippen molar-refractivity contribution >= 4 is 23.2 Å². The summed E-state index contributed by atoms with van der Waals surface area (Å²) in [7, 11) is 0. The summed E-state index contributed by atoms with van der Waals surface area (Å²) >= 11 is 6.20. The average molecular weight is 334 g/mol. The minimum atomic E-state index is -0.495. The Morgan fingerprint density at radius 2 is 1.78 bits per heavy atom. The smallest absolute Gasteiger partial charge is 0.305 e. The summed E-state index contributed by atoms with van der Waals surface area (Å²) in [6.07, 6.45) is 2.50. The molecule has 8 heteroatoms. The van der Waals surface area contributed by atoms with Crippen molar-refractivity contribution in [2.45, 2.75) is 6.54 Å². The van der Waals surface area contributed by atoms with Crippen molar-refractivity contribution in [3.63, 3.8) is 0 Å². The van der Waals surface area contributed by atoms with Crippen LogP contribution in [0.3, 0.4) is 0 Å². The topological polar surface area (TPSA) is 75.4 Å². The SMILES string of the molecule is O=[N+]([O-])c1cnc(N2CCN(Cc3ccccc3Cl)CC2)nc1. The van der Waals surface area contributed by atoms with E-state index in [0.717, 1.165) is 43.3 Å². The molecule has 1 fully saturated rings. The van der Waals surface area contributed by atoms with Gasteiger partial charge in [-0.2, -0.15) is 0 Å². The summed E-state index contributed by atoms with van der Waals surface area (Å²) in [5, 5.41) is 11.4. The summed E-state index contributed by atoms with van der Waals surface area (Å²) in [4.78, 5) is 22.6. The van der Waals surface area contributed by atoms with Crippen molar-refractivity contribution in [1.29, 1.82) is 0 Å². The lowest BCUT2D eigenvalue weighted by atomic mass is 10.2. The lowest BCUT2D eigenvalue weighted by Gasteiger charge is -2.34. The Balaban J connectivity index is 1.58. The molecule has 0 bridgehead atoms. The normalized spacial score (nSPS) is 15.6. The summed E-state index contributed by atoms with van der Waals surface area (Å²) < 4.78 is 0. The molecule has 1 aliphatic heterocycles. The molecule has 0 saturated carbocycles. The minimum absolute atomic E-state index is 0.0916. The van der Waals surface area contributed by atoms with E-state index >= 15 is 0 Å². The molecule has 120 valence electrons. The number of nitrogens with zero attached hydrogens (tertiary/aromatic N) is 5. The van der Waals surface area contributed by atoms with Gasteiger partial charge in [0, 0.05) is 37.7 Å². The predicted molar refractivity (Wildman–Crippen MR) is 87.6 cm³/mol. The Labute approximate surface area is 138 Å². The molecule has 3 rings (SSSR count). The molecule has 0 N–H and O–H groups in total. The molecular weight excluding hydrogens is 318 g/mol. The third kappa shape index (κ3) is 3.75. The monoisotopic (exact) mass is 333 g/mol. The third-order valence-electron chi connectivity index (χ3n) is 3.84. The first-order valence-electron chi connectivity index (χ1n) is 7.30. The van der Waals surface area contributed by atoms with Crippen LogP contribution in [0.1, 0.15) is 5.56 Å². The van der Waals surface area contributed by atoms with Crippen LogP contribution in [0.4, 0.5) is 11.6 Å². The van der Waals surface area contributed by atoms with Crippen molar-refractivity contribution in [1.82, 2.24) is 14.9 Å². The number of hydrogen-bond acceptors (Lipinski definition) is 6. The zero-order chi connectivity index (χ0) is 16.2. The Bertz CT molecular complexity index is 687. The Kier molecular flexibility index (Phi) is 4.68. The molecule has 1 saturated heterocycles. The molecule has 1 aromatic heterocycles. The van der Waals surface area contributed by atoms with Crippen LogP contribution in [0.15, 0.2) is 36.7 Å². The second-order valence-corrected chi connectivity index (χ2v) is 5.76. The molecule has 2 heterocycles. The molecule has 0 unspecified atom stereocenters. The lowest BCUT2D eigenvalue weighted by molar-refractivity contribution is -0.385. The first kappa shape index (κ1) is 15.6. The maximum Gasteiger partial charge on any atom is 0.305 e. The maximum absolute atomic E-state index is 10.6. The van der Waals surface area contributed by atoms with E-state index in [0.29, 0.717) is 5.95 Å². The van der Waals surface area contributed by atoms with Gasteiger partial charge in [-0.3, -0.25) is 15.0 Å². The zero-order valence-corrected chi connectivity index (χ0v) is 13.2. The maximum atomic E-state index is 10.6. The fourth-order valence-electron chi connectivity index (χ4n) is 2.55. The van der Waals surface area contributed by atoms with E-state index in [1.165, 1.54) is 12.4 Å². The molecule has 7 nitrogen and oxygen atoms in total. The average Bonchev–Trinajstić information content (AvgIpc) is 2.58. The van der Waals surface area contributed by atoms with E-state index < -0.39 is 4.92 Å².